The summed E-state index contributed by atoms with van der Waals surface area (Å²) in [5, 5.41) is 7.68. The molecule has 3 rings (SSSR count). The third-order valence-corrected chi connectivity index (χ3v) is 3.20. The van der Waals surface area contributed by atoms with E-state index in [1.165, 1.54) is 4.52 Å². The quantitative estimate of drug-likeness (QED) is 0.790. The lowest BCUT2D eigenvalue weighted by Gasteiger charge is -2.05. The fourth-order valence-corrected chi connectivity index (χ4v) is 2.17. The third kappa shape index (κ3) is 2.45. The van der Waals surface area contributed by atoms with Crippen molar-refractivity contribution in [3.63, 3.8) is 0 Å². The molecule has 0 aliphatic carbocycles. The molecule has 0 spiro atoms. The molecular formula is C13H8Cl2N4O. The highest BCUT2D eigenvalue weighted by atomic mass is 35.5. The van der Waals surface area contributed by atoms with Crippen molar-refractivity contribution in [1.82, 2.24) is 14.6 Å². The first-order valence-corrected chi connectivity index (χ1v) is 6.46. The number of fused-ring (bicyclic) bond motifs is 1. The topological polar surface area (TPSA) is 59.3 Å². The Hall–Kier alpha value is -2.11. The van der Waals surface area contributed by atoms with Gasteiger partial charge >= 0.3 is 0 Å². The summed E-state index contributed by atoms with van der Waals surface area (Å²) in [6.07, 6.45) is 3.35. The smallest absolute Gasteiger partial charge is 0.276 e. The van der Waals surface area contributed by atoms with Crippen molar-refractivity contribution in [1.29, 1.82) is 0 Å². The number of aromatic nitrogens is 3. The van der Waals surface area contributed by atoms with Crippen LogP contribution in [0.4, 0.5) is 5.69 Å². The summed E-state index contributed by atoms with van der Waals surface area (Å²) < 4.78 is 1.53. The Labute approximate surface area is 124 Å². The number of benzene rings is 1. The van der Waals surface area contributed by atoms with E-state index in [4.69, 9.17) is 23.2 Å². The number of hydrogen-bond donors (Lipinski definition) is 1. The van der Waals surface area contributed by atoms with Crippen molar-refractivity contribution in [2.45, 2.75) is 0 Å². The van der Waals surface area contributed by atoms with E-state index in [0.29, 0.717) is 21.4 Å². The van der Waals surface area contributed by atoms with Crippen LogP contribution in [0.3, 0.4) is 0 Å². The first-order valence-electron chi connectivity index (χ1n) is 5.70. The van der Waals surface area contributed by atoms with Crippen LogP contribution in [0.5, 0.6) is 0 Å². The summed E-state index contributed by atoms with van der Waals surface area (Å²) in [6, 6.07) is 8.17. The molecule has 2 heterocycles. The Kier molecular flexibility index (Phi) is 3.30. The molecule has 0 bridgehead atoms. The molecule has 0 aliphatic rings. The van der Waals surface area contributed by atoms with Crippen LogP contribution < -0.4 is 5.32 Å². The molecule has 0 saturated carbocycles. The summed E-state index contributed by atoms with van der Waals surface area (Å²) in [4.78, 5) is 16.2. The predicted molar refractivity (Wildman–Crippen MR) is 77.4 cm³/mol. The lowest BCUT2D eigenvalue weighted by molar-refractivity contribution is 0.102. The molecular weight excluding hydrogens is 299 g/mol. The maximum atomic E-state index is 12.1. The molecule has 3 aromatic rings. The molecule has 1 N–H and O–H groups in total. The van der Waals surface area contributed by atoms with Gasteiger partial charge in [-0.1, -0.05) is 23.2 Å². The van der Waals surface area contributed by atoms with Gasteiger partial charge in [-0.05, 0) is 24.3 Å². The summed E-state index contributed by atoms with van der Waals surface area (Å²) in [5.41, 5.74) is 1.33. The predicted octanol–water partition coefficient (Wildman–Crippen LogP) is 3.29. The Bertz CT molecular complexity index is 767. The summed E-state index contributed by atoms with van der Waals surface area (Å²) >= 11 is 11.8. The molecule has 2 aromatic heterocycles. The van der Waals surface area contributed by atoms with Crippen molar-refractivity contribution in [2.75, 3.05) is 5.32 Å². The molecule has 0 unspecified atom stereocenters. The molecule has 1 amide bonds. The van der Waals surface area contributed by atoms with Crippen LogP contribution in [0, 0.1) is 0 Å². The Morgan fingerprint density at radius 1 is 1.25 bits per heavy atom. The van der Waals surface area contributed by atoms with Crippen LogP contribution in [0.15, 0.2) is 42.7 Å². The lowest BCUT2D eigenvalue weighted by atomic mass is 10.3. The first kappa shape index (κ1) is 12.9. The molecule has 0 radical (unpaired) electrons. The van der Waals surface area contributed by atoms with Gasteiger partial charge in [-0.15, -0.1) is 0 Å². The van der Waals surface area contributed by atoms with Crippen LogP contribution in [-0.4, -0.2) is 20.5 Å². The molecule has 20 heavy (non-hydrogen) atoms. The minimum atomic E-state index is -0.361. The highest BCUT2D eigenvalue weighted by Gasteiger charge is 2.13. The van der Waals surface area contributed by atoms with E-state index in [9.17, 15) is 4.79 Å². The molecule has 100 valence electrons. The van der Waals surface area contributed by atoms with Crippen LogP contribution in [0.25, 0.3) is 5.65 Å². The fraction of sp³-hybridized carbons (Fsp3) is 0. The van der Waals surface area contributed by atoms with E-state index in [2.05, 4.69) is 15.4 Å². The monoisotopic (exact) mass is 306 g/mol. The van der Waals surface area contributed by atoms with Crippen molar-refractivity contribution in [2.24, 2.45) is 0 Å². The van der Waals surface area contributed by atoms with Gasteiger partial charge in [0.1, 0.15) is 0 Å². The van der Waals surface area contributed by atoms with Crippen LogP contribution in [0.2, 0.25) is 10.0 Å². The SMILES string of the molecule is O=C(Nc1ccc(Cl)cc1Cl)c1cc2ncccn2n1. The normalized spacial score (nSPS) is 10.7. The van der Waals surface area contributed by atoms with Gasteiger partial charge < -0.3 is 5.32 Å². The second kappa shape index (κ2) is 5.11. The van der Waals surface area contributed by atoms with Crippen molar-refractivity contribution < 1.29 is 4.79 Å². The molecule has 0 aliphatic heterocycles. The average Bonchev–Trinajstić information content (AvgIpc) is 2.86. The van der Waals surface area contributed by atoms with Crippen molar-refractivity contribution in [3.8, 4) is 0 Å². The minimum Gasteiger partial charge on any atom is -0.319 e. The lowest BCUT2D eigenvalue weighted by Crippen LogP contribution is -2.12. The number of rotatable bonds is 2. The number of amides is 1. The molecule has 0 fully saturated rings. The van der Waals surface area contributed by atoms with E-state index in [1.807, 2.05) is 0 Å². The Balaban J connectivity index is 1.89. The van der Waals surface area contributed by atoms with E-state index >= 15 is 0 Å². The van der Waals surface area contributed by atoms with E-state index in [1.54, 1.807) is 42.7 Å². The van der Waals surface area contributed by atoms with E-state index in [-0.39, 0.29) is 11.6 Å². The van der Waals surface area contributed by atoms with Gasteiger partial charge in [-0.25, -0.2) is 9.50 Å². The number of anilines is 1. The molecule has 0 saturated heterocycles. The highest BCUT2D eigenvalue weighted by molar-refractivity contribution is 6.36. The second-order valence-electron chi connectivity index (χ2n) is 4.03. The van der Waals surface area contributed by atoms with E-state index in [0.717, 1.165) is 0 Å². The van der Waals surface area contributed by atoms with Crippen LogP contribution in [0.1, 0.15) is 10.5 Å². The minimum absolute atomic E-state index is 0.259. The molecule has 1 aromatic carbocycles. The highest BCUT2D eigenvalue weighted by Crippen LogP contribution is 2.25. The largest absolute Gasteiger partial charge is 0.319 e. The molecule has 0 atom stereocenters. The van der Waals surface area contributed by atoms with Gasteiger partial charge in [0.15, 0.2) is 11.3 Å². The molecule has 5 nitrogen and oxygen atoms in total. The van der Waals surface area contributed by atoms with Crippen LogP contribution in [-0.2, 0) is 0 Å². The number of carbonyl (C=O) groups excluding carboxylic acids is 1. The summed E-state index contributed by atoms with van der Waals surface area (Å²) in [6.45, 7) is 0. The number of nitrogens with zero attached hydrogens (tertiary/aromatic N) is 3. The number of hydrogen-bond acceptors (Lipinski definition) is 3. The zero-order valence-corrected chi connectivity index (χ0v) is 11.6. The average molecular weight is 307 g/mol. The van der Waals surface area contributed by atoms with Gasteiger partial charge in [-0.2, -0.15) is 5.10 Å². The number of halogens is 2. The first-order chi connectivity index (χ1) is 9.63. The van der Waals surface area contributed by atoms with Gasteiger partial charge in [0, 0.05) is 23.5 Å². The number of nitrogens with one attached hydrogen (secondary N) is 1. The van der Waals surface area contributed by atoms with Gasteiger partial charge in [0.05, 0.1) is 10.7 Å². The fourth-order valence-electron chi connectivity index (χ4n) is 1.72. The summed E-state index contributed by atoms with van der Waals surface area (Å²) in [7, 11) is 0. The second-order valence-corrected chi connectivity index (χ2v) is 4.87. The maximum Gasteiger partial charge on any atom is 0.276 e. The van der Waals surface area contributed by atoms with Gasteiger partial charge in [-0.3, -0.25) is 4.79 Å². The zero-order valence-electron chi connectivity index (χ0n) is 10.0. The third-order valence-electron chi connectivity index (χ3n) is 2.65. The molecule has 7 heteroatoms. The standard InChI is InChI=1S/C13H8Cl2N4O/c14-8-2-3-10(9(15)6-8)17-13(20)11-7-12-16-4-1-5-19(12)18-11/h1-7H,(H,17,20). The Morgan fingerprint density at radius 3 is 2.85 bits per heavy atom. The van der Waals surface area contributed by atoms with Crippen molar-refractivity contribution in [3.05, 3.63) is 58.5 Å². The van der Waals surface area contributed by atoms with Gasteiger partial charge in [0.25, 0.3) is 5.91 Å². The number of carbonyl (C=O) groups is 1. The van der Waals surface area contributed by atoms with Gasteiger partial charge in [0.2, 0.25) is 0 Å². The maximum absolute atomic E-state index is 12.1. The summed E-state index contributed by atoms with van der Waals surface area (Å²) in [5.74, 6) is -0.361. The van der Waals surface area contributed by atoms with E-state index < -0.39 is 0 Å². The van der Waals surface area contributed by atoms with Crippen LogP contribution >= 0.6 is 23.2 Å². The zero-order chi connectivity index (χ0) is 14.1. The Morgan fingerprint density at radius 2 is 2.10 bits per heavy atom. The van der Waals surface area contributed by atoms with Crippen molar-refractivity contribution >= 4 is 40.4 Å².